The Bertz CT molecular complexity index is 568. The van der Waals surface area contributed by atoms with Crippen LogP contribution in [0.25, 0.3) is 0 Å². The second kappa shape index (κ2) is 6.62. The summed E-state index contributed by atoms with van der Waals surface area (Å²) in [4.78, 5) is 11.9. The van der Waals surface area contributed by atoms with Crippen molar-refractivity contribution in [2.24, 2.45) is 0 Å². The molecule has 3 nitrogen and oxygen atoms in total. The van der Waals surface area contributed by atoms with Crippen molar-refractivity contribution in [3.8, 4) is 0 Å². The molecule has 0 saturated carbocycles. The Morgan fingerprint density at radius 3 is 2.30 bits per heavy atom. The molecule has 0 aliphatic heterocycles. The quantitative estimate of drug-likeness (QED) is 0.899. The monoisotopic (exact) mass is 290 g/mol. The summed E-state index contributed by atoms with van der Waals surface area (Å²) >= 11 is 5.82. The third kappa shape index (κ3) is 3.87. The molecule has 1 aromatic heterocycles. The predicted octanol–water partition coefficient (Wildman–Crippen LogP) is 3.46. The van der Waals surface area contributed by atoms with E-state index >= 15 is 0 Å². The fourth-order valence-corrected chi connectivity index (χ4v) is 2.28. The van der Waals surface area contributed by atoms with Gasteiger partial charge < -0.3 is 9.88 Å². The topological polar surface area (TPSA) is 34.0 Å². The number of nitrogens with zero attached hydrogens (tertiary/aromatic N) is 1. The van der Waals surface area contributed by atoms with Gasteiger partial charge in [0.05, 0.1) is 0 Å². The molecule has 0 unspecified atom stereocenters. The minimum atomic E-state index is 0.0625. The summed E-state index contributed by atoms with van der Waals surface area (Å²) in [6.07, 6.45) is 0.490. The summed E-state index contributed by atoms with van der Waals surface area (Å²) in [6.45, 7) is 5.37. The molecule has 2 rings (SSSR count). The van der Waals surface area contributed by atoms with Gasteiger partial charge in [-0.15, -0.1) is 0 Å². The summed E-state index contributed by atoms with van der Waals surface area (Å²) in [5.41, 5.74) is 3.43. The lowest BCUT2D eigenvalue weighted by atomic mass is 10.2. The van der Waals surface area contributed by atoms with Crippen molar-refractivity contribution in [1.29, 1.82) is 0 Å². The van der Waals surface area contributed by atoms with Crippen LogP contribution in [0.4, 0.5) is 0 Å². The van der Waals surface area contributed by atoms with Gasteiger partial charge in [-0.05, 0) is 43.7 Å². The minimum Gasteiger partial charge on any atom is -0.352 e. The molecule has 1 heterocycles. The largest absolute Gasteiger partial charge is 0.352 e. The van der Waals surface area contributed by atoms with E-state index in [0.717, 1.165) is 12.1 Å². The van der Waals surface area contributed by atoms with Gasteiger partial charge in [-0.1, -0.05) is 23.7 Å². The summed E-state index contributed by atoms with van der Waals surface area (Å²) in [5, 5.41) is 3.63. The molecule has 1 N–H and O–H groups in total. The number of halogens is 1. The van der Waals surface area contributed by atoms with Gasteiger partial charge in [0, 0.05) is 35.9 Å². The Morgan fingerprint density at radius 1 is 1.10 bits per heavy atom. The number of rotatable bonds is 5. The molecule has 1 amide bonds. The molecule has 0 fully saturated rings. The molecule has 0 aliphatic rings. The number of aryl methyl sites for hydroxylation is 2. The van der Waals surface area contributed by atoms with Crippen molar-refractivity contribution >= 4 is 17.5 Å². The molecule has 0 spiro atoms. The maximum Gasteiger partial charge on any atom is 0.222 e. The van der Waals surface area contributed by atoms with Crippen LogP contribution >= 0.6 is 11.6 Å². The molecule has 0 bridgehead atoms. The number of benzene rings is 1. The number of hydrogen-bond donors (Lipinski definition) is 1. The number of nitrogens with one attached hydrogen (secondary N) is 1. The van der Waals surface area contributed by atoms with E-state index in [1.54, 1.807) is 0 Å². The highest BCUT2D eigenvalue weighted by molar-refractivity contribution is 6.30. The molecule has 20 heavy (non-hydrogen) atoms. The minimum absolute atomic E-state index is 0.0625. The van der Waals surface area contributed by atoms with E-state index in [0.29, 0.717) is 18.0 Å². The predicted molar refractivity (Wildman–Crippen MR) is 81.8 cm³/mol. The third-order valence-corrected chi connectivity index (χ3v) is 3.63. The smallest absolute Gasteiger partial charge is 0.222 e. The fourth-order valence-electron chi connectivity index (χ4n) is 2.16. The Hall–Kier alpha value is -1.74. The van der Waals surface area contributed by atoms with Crippen molar-refractivity contribution in [2.75, 3.05) is 0 Å². The van der Waals surface area contributed by atoms with Crippen LogP contribution in [0, 0.1) is 13.8 Å². The normalized spacial score (nSPS) is 10.6. The van der Waals surface area contributed by atoms with Crippen molar-refractivity contribution in [1.82, 2.24) is 9.88 Å². The van der Waals surface area contributed by atoms with Gasteiger partial charge in [-0.3, -0.25) is 4.79 Å². The maximum atomic E-state index is 11.9. The highest BCUT2D eigenvalue weighted by Gasteiger charge is 2.05. The Balaban J connectivity index is 1.80. The van der Waals surface area contributed by atoms with E-state index in [4.69, 9.17) is 11.6 Å². The first-order valence-electron chi connectivity index (χ1n) is 6.70. The average Bonchev–Trinajstić information content (AvgIpc) is 2.75. The van der Waals surface area contributed by atoms with Crippen LogP contribution in [0.1, 0.15) is 23.4 Å². The molecule has 106 valence electrons. The van der Waals surface area contributed by atoms with Crippen molar-refractivity contribution < 1.29 is 4.79 Å². The SMILES string of the molecule is Cc1ccc(C)n1CCC(=O)NCc1ccc(Cl)cc1. The van der Waals surface area contributed by atoms with Crippen LogP contribution in [-0.4, -0.2) is 10.5 Å². The highest BCUT2D eigenvalue weighted by Crippen LogP contribution is 2.10. The summed E-state index contributed by atoms with van der Waals surface area (Å²) < 4.78 is 2.15. The van der Waals surface area contributed by atoms with Crippen LogP contribution in [0.15, 0.2) is 36.4 Å². The second-order valence-corrected chi connectivity index (χ2v) is 5.36. The van der Waals surface area contributed by atoms with E-state index in [1.165, 1.54) is 11.4 Å². The van der Waals surface area contributed by atoms with Crippen LogP contribution in [0.2, 0.25) is 5.02 Å². The van der Waals surface area contributed by atoms with Gasteiger partial charge in [-0.25, -0.2) is 0 Å². The molecule has 0 aliphatic carbocycles. The van der Waals surface area contributed by atoms with E-state index in [1.807, 2.05) is 24.3 Å². The molecule has 2 aromatic rings. The Morgan fingerprint density at radius 2 is 1.70 bits per heavy atom. The molecule has 0 radical (unpaired) electrons. The van der Waals surface area contributed by atoms with E-state index in [-0.39, 0.29) is 5.91 Å². The zero-order valence-corrected chi connectivity index (χ0v) is 12.6. The van der Waals surface area contributed by atoms with Crippen molar-refractivity contribution in [3.05, 3.63) is 58.4 Å². The first-order chi connectivity index (χ1) is 9.56. The highest BCUT2D eigenvalue weighted by atomic mass is 35.5. The molecule has 0 saturated heterocycles. The summed E-state index contributed by atoms with van der Waals surface area (Å²) in [6, 6.07) is 11.6. The standard InChI is InChI=1S/C16H19ClN2O/c1-12-3-4-13(2)19(12)10-9-16(20)18-11-14-5-7-15(17)8-6-14/h3-8H,9-11H2,1-2H3,(H,18,20). The van der Waals surface area contributed by atoms with E-state index in [2.05, 4.69) is 35.9 Å². The third-order valence-electron chi connectivity index (χ3n) is 3.38. The summed E-state index contributed by atoms with van der Waals surface area (Å²) in [5.74, 6) is 0.0625. The van der Waals surface area contributed by atoms with Gasteiger partial charge in [0.1, 0.15) is 0 Å². The summed E-state index contributed by atoms with van der Waals surface area (Å²) in [7, 11) is 0. The zero-order valence-electron chi connectivity index (χ0n) is 11.8. The number of hydrogen-bond acceptors (Lipinski definition) is 1. The molecular formula is C16H19ClN2O. The molecule has 1 aromatic carbocycles. The molecule has 4 heteroatoms. The van der Waals surface area contributed by atoms with Gasteiger partial charge in [-0.2, -0.15) is 0 Å². The zero-order chi connectivity index (χ0) is 14.5. The van der Waals surface area contributed by atoms with Gasteiger partial charge >= 0.3 is 0 Å². The lowest BCUT2D eigenvalue weighted by Crippen LogP contribution is -2.24. The van der Waals surface area contributed by atoms with Crippen LogP contribution < -0.4 is 5.32 Å². The Labute approximate surface area is 124 Å². The fraction of sp³-hybridized carbons (Fsp3) is 0.312. The first kappa shape index (κ1) is 14.7. The maximum absolute atomic E-state index is 11.9. The van der Waals surface area contributed by atoms with E-state index in [9.17, 15) is 4.79 Å². The second-order valence-electron chi connectivity index (χ2n) is 4.92. The van der Waals surface area contributed by atoms with Gasteiger partial charge in [0.2, 0.25) is 5.91 Å². The van der Waals surface area contributed by atoms with Crippen molar-refractivity contribution in [2.45, 2.75) is 33.4 Å². The van der Waals surface area contributed by atoms with Crippen LogP contribution in [-0.2, 0) is 17.9 Å². The van der Waals surface area contributed by atoms with Crippen LogP contribution in [0.5, 0.6) is 0 Å². The molecule has 0 atom stereocenters. The molecular weight excluding hydrogens is 272 g/mol. The average molecular weight is 291 g/mol. The van der Waals surface area contributed by atoms with Gasteiger partial charge in [0.25, 0.3) is 0 Å². The van der Waals surface area contributed by atoms with Crippen LogP contribution in [0.3, 0.4) is 0 Å². The van der Waals surface area contributed by atoms with Crippen molar-refractivity contribution in [3.63, 3.8) is 0 Å². The number of carbonyl (C=O) groups excluding carboxylic acids is 1. The lowest BCUT2D eigenvalue weighted by molar-refractivity contribution is -0.121. The van der Waals surface area contributed by atoms with Gasteiger partial charge in [0.15, 0.2) is 0 Å². The first-order valence-corrected chi connectivity index (χ1v) is 7.08. The van der Waals surface area contributed by atoms with E-state index < -0.39 is 0 Å². The number of aromatic nitrogens is 1. The Kier molecular flexibility index (Phi) is 4.85. The number of amides is 1. The lowest BCUT2D eigenvalue weighted by Gasteiger charge is -2.10. The number of carbonyl (C=O) groups is 1.